The van der Waals surface area contributed by atoms with Crippen LogP contribution in [0.4, 0.5) is 4.39 Å². The molecule has 1 amide bonds. The normalized spacial score (nSPS) is 20.5. The van der Waals surface area contributed by atoms with Crippen molar-refractivity contribution in [2.45, 2.75) is 83.3 Å². The molecule has 3 aromatic rings. The summed E-state index contributed by atoms with van der Waals surface area (Å²) < 4.78 is 17.1. The van der Waals surface area contributed by atoms with Crippen molar-refractivity contribution in [3.8, 4) is 0 Å². The number of benzene rings is 1. The predicted octanol–water partition coefficient (Wildman–Crippen LogP) is 4.80. The first-order chi connectivity index (χ1) is 18.4. The molecule has 202 valence electrons. The number of pyridine rings is 1. The second-order valence-corrected chi connectivity index (χ2v) is 11.6. The average Bonchev–Trinajstić information content (AvgIpc) is 2.94. The van der Waals surface area contributed by atoms with Crippen molar-refractivity contribution >= 4 is 28.7 Å². The molecule has 1 aliphatic heterocycles. The zero-order valence-electron chi connectivity index (χ0n) is 22.0. The fourth-order valence-corrected chi connectivity index (χ4v) is 7.15. The lowest BCUT2D eigenvalue weighted by Crippen LogP contribution is -2.46. The molecule has 2 aliphatic rings. The number of nitrogens with one attached hydrogen (secondary N) is 1. The van der Waals surface area contributed by atoms with Gasteiger partial charge in [-0.15, -0.1) is 0 Å². The summed E-state index contributed by atoms with van der Waals surface area (Å²) in [5, 5.41) is 3.37. The number of rotatable bonds is 6. The summed E-state index contributed by atoms with van der Waals surface area (Å²) in [5.74, 6) is 1.23. The van der Waals surface area contributed by atoms with Gasteiger partial charge in [-0.1, -0.05) is 32.0 Å². The van der Waals surface area contributed by atoms with Crippen molar-refractivity contribution in [3.05, 3.63) is 73.8 Å². The van der Waals surface area contributed by atoms with Gasteiger partial charge in [0.05, 0.1) is 11.6 Å². The highest BCUT2D eigenvalue weighted by molar-refractivity contribution is 7.99. The Morgan fingerprint density at radius 1 is 1.00 bits per heavy atom. The molecule has 0 unspecified atom stereocenters. The number of aromatic nitrogens is 3. The summed E-state index contributed by atoms with van der Waals surface area (Å²) in [6.07, 6.45) is 6.79. The van der Waals surface area contributed by atoms with Gasteiger partial charge in [0, 0.05) is 23.7 Å². The van der Waals surface area contributed by atoms with Crippen LogP contribution in [0.3, 0.4) is 0 Å². The number of hydrogen-bond acceptors (Lipinski definition) is 5. The van der Waals surface area contributed by atoms with Crippen LogP contribution < -0.4 is 16.6 Å². The molecular formula is C29H35FN4O3S. The van der Waals surface area contributed by atoms with E-state index in [2.05, 4.69) is 24.1 Å². The summed E-state index contributed by atoms with van der Waals surface area (Å²) in [4.78, 5) is 44.7. The van der Waals surface area contributed by atoms with Crippen LogP contribution in [0.15, 0.2) is 40.1 Å². The highest BCUT2D eigenvalue weighted by Gasteiger charge is 2.30. The lowest BCUT2D eigenvalue weighted by Gasteiger charge is -2.32. The fourth-order valence-electron chi connectivity index (χ4n) is 6.07. The van der Waals surface area contributed by atoms with Gasteiger partial charge in [0.25, 0.3) is 11.5 Å². The Bertz CT molecular complexity index is 1430. The lowest BCUT2D eigenvalue weighted by atomic mass is 9.90. The Balaban J connectivity index is 1.41. The van der Waals surface area contributed by atoms with Crippen molar-refractivity contribution in [1.29, 1.82) is 0 Å². The van der Waals surface area contributed by atoms with Gasteiger partial charge >= 0.3 is 5.69 Å². The Labute approximate surface area is 225 Å². The molecule has 1 saturated carbocycles. The molecule has 3 heterocycles. The van der Waals surface area contributed by atoms with Gasteiger partial charge < -0.3 is 5.32 Å². The summed E-state index contributed by atoms with van der Waals surface area (Å²) in [7, 11) is 0. The van der Waals surface area contributed by atoms with Crippen molar-refractivity contribution in [3.63, 3.8) is 0 Å². The van der Waals surface area contributed by atoms with Gasteiger partial charge in [-0.3, -0.25) is 18.7 Å². The fraction of sp³-hybridized carbons (Fsp3) is 0.517. The summed E-state index contributed by atoms with van der Waals surface area (Å²) in [6, 6.07) is 6.84. The standard InChI is InChI=1S/C29H35FN4O3S/c1-3-18-6-5-7-19(4-2)25(18)27(35)32-21-8-10-22(11-9-21)34-28(36)24-16-20(30)17-31-26(24)33(29(34)37)23-12-14-38-15-13-23/h5-7,16-17,21-23H,3-4,8-15H2,1-2H3,(H,32,35). The molecule has 38 heavy (non-hydrogen) atoms. The van der Waals surface area contributed by atoms with E-state index in [4.69, 9.17) is 0 Å². The Hall–Kier alpha value is -2.94. The molecule has 0 atom stereocenters. The van der Waals surface area contributed by atoms with Crippen LogP contribution in [0.5, 0.6) is 0 Å². The molecule has 1 N–H and O–H groups in total. The number of thioether (sulfide) groups is 1. The van der Waals surface area contributed by atoms with Gasteiger partial charge in [-0.05, 0) is 80.1 Å². The second kappa shape index (κ2) is 11.4. The predicted molar refractivity (Wildman–Crippen MR) is 150 cm³/mol. The van der Waals surface area contributed by atoms with E-state index in [-0.39, 0.29) is 40.8 Å². The maximum atomic E-state index is 14.1. The Morgan fingerprint density at radius 2 is 1.63 bits per heavy atom. The molecule has 9 heteroatoms. The van der Waals surface area contributed by atoms with E-state index in [0.717, 1.165) is 60.1 Å². The van der Waals surface area contributed by atoms with Crippen molar-refractivity contribution in [1.82, 2.24) is 19.4 Å². The number of carbonyl (C=O) groups excluding carboxylic acids is 1. The maximum Gasteiger partial charge on any atom is 0.333 e. The molecule has 0 bridgehead atoms. The highest BCUT2D eigenvalue weighted by atomic mass is 32.2. The molecule has 2 aromatic heterocycles. The monoisotopic (exact) mass is 538 g/mol. The van der Waals surface area contributed by atoms with Crippen molar-refractivity contribution in [2.24, 2.45) is 0 Å². The molecule has 1 aliphatic carbocycles. The molecular weight excluding hydrogens is 503 g/mol. The molecule has 1 saturated heterocycles. The second-order valence-electron chi connectivity index (χ2n) is 10.3. The third-order valence-corrected chi connectivity index (χ3v) is 9.15. The maximum absolute atomic E-state index is 14.1. The zero-order valence-corrected chi connectivity index (χ0v) is 22.9. The van der Waals surface area contributed by atoms with Gasteiger partial charge in [-0.2, -0.15) is 11.8 Å². The molecule has 0 spiro atoms. The van der Waals surface area contributed by atoms with Crippen LogP contribution in [-0.4, -0.2) is 37.6 Å². The highest BCUT2D eigenvalue weighted by Crippen LogP contribution is 2.30. The minimum Gasteiger partial charge on any atom is -0.349 e. The van der Waals surface area contributed by atoms with E-state index in [1.807, 2.05) is 30.0 Å². The van der Waals surface area contributed by atoms with E-state index in [0.29, 0.717) is 25.7 Å². The largest absolute Gasteiger partial charge is 0.349 e. The van der Waals surface area contributed by atoms with Crippen LogP contribution in [0.25, 0.3) is 11.0 Å². The smallest absolute Gasteiger partial charge is 0.333 e. The number of nitrogens with zero attached hydrogens (tertiary/aromatic N) is 3. The zero-order chi connectivity index (χ0) is 26.8. The van der Waals surface area contributed by atoms with E-state index in [9.17, 15) is 18.8 Å². The van der Waals surface area contributed by atoms with Crippen LogP contribution in [0.1, 0.15) is 85.9 Å². The van der Waals surface area contributed by atoms with E-state index in [1.54, 1.807) is 4.57 Å². The minimum atomic E-state index is -0.587. The topological polar surface area (TPSA) is 86.0 Å². The number of hydrogen-bond donors (Lipinski definition) is 1. The summed E-state index contributed by atoms with van der Waals surface area (Å²) in [5.41, 5.74) is 2.30. The SMILES string of the molecule is CCc1cccc(CC)c1C(=O)NC1CCC(n2c(=O)c3cc(F)cnc3n(C3CCSCC3)c2=O)CC1. The molecule has 1 aromatic carbocycles. The first kappa shape index (κ1) is 26.7. The number of amides is 1. The average molecular weight is 539 g/mol. The van der Waals surface area contributed by atoms with Crippen LogP contribution in [0.2, 0.25) is 0 Å². The third-order valence-electron chi connectivity index (χ3n) is 8.10. The Kier molecular flexibility index (Phi) is 8.02. The van der Waals surface area contributed by atoms with E-state index < -0.39 is 11.4 Å². The number of aryl methyl sites for hydroxylation is 2. The van der Waals surface area contributed by atoms with Gasteiger partial charge in [-0.25, -0.2) is 14.2 Å². The van der Waals surface area contributed by atoms with E-state index >= 15 is 0 Å². The van der Waals surface area contributed by atoms with Crippen LogP contribution >= 0.6 is 11.8 Å². The quantitative estimate of drug-likeness (QED) is 0.487. The third kappa shape index (κ3) is 5.05. The first-order valence-electron chi connectivity index (χ1n) is 13.7. The molecule has 0 radical (unpaired) electrons. The lowest BCUT2D eigenvalue weighted by molar-refractivity contribution is 0.0920. The van der Waals surface area contributed by atoms with Crippen LogP contribution in [0, 0.1) is 5.82 Å². The van der Waals surface area contributed by atoms with Gasteiger partial charge in [0.15, 0.2) is 0 Å². The number of halogens is 1. The Morgan fingerprint density at radius 3 is 2.26 bits per heavy atom. The molecule has 2 fully saturated rings. The first-order valence-corrected chi connectivity index (χ1v) is 14.9. The number of fused-ring (bicyclic) bond motifs is 1. The van der Waals surface area contributed by atoms with Gasteiger partial charge in [0.2, 0.25) is 0 Å². The summed E-state index contributed by atoms with van der Waals surface area (Å²) in [6.45, 7) is 4.11. The van der Waals surface area contributed by atoms with Gasteiger partial charge in [0.1, 0.15) is 11.5 Å². The minimum absolute atomic E-state index is 0.0266. The van der Waals surface area contributed by atoms with Crippen molar-refractivity contribution < 1.29 is 9.18 Å². The van der Waals surface area contributed by atoms with Crippen LogP contribution in [-0.2, 0) is 12.8 Å². The molecule has 5 rings (SSSR count). The summed E-state index contributed by atoms with van der Waals surface area (Å²) >= 11 is 1.85. The van der Waals surface area contributed by atoms with Crippen molar-refractivity contribution in [2.75, 3.05) is 11.5 Å². The van der Waals surface area contributed by atoms with E-state index in [1.165, 1.54) is 10.6 Å². The number of carbonyl (C=O) groups is 1. The molecule has 7 nitrogen and oxygen atoms in total.